The Hall–Kier alpha value is -2.81. The number of fused-ring (bicyclic) bond motifs is 1. The third-order valence-electron chi connectivity index (χ3n) is 6.31. The van der Waals surface area contributed by atoms with Crippen LogP contribution in [-0.4, -0.2) is 28.8 Å². The topological polar surface area (TPSA) is 72.3 Å². The minimum atomic E-state index is -3.89. The zero-order valence-corrected chi connectivity index (χ0v) is 23.5. The summed E-state index contributed by atoms with van der Waals surface area (Å²) >= 11 is 3.45. The molecule has 0 saturated carbocycles. The van der Waals surface area contributed by atoms with Gasteiger partial charge < -0.3 is 0 Å². The Balaban J connectivity index is 1.98. The molecule has 0 spiro atoms. The van der Waals surface area contributed by atoms with E-state index >= 15 is 0 Å². The van der Waals surface area contributed by atoms with Crippen molar-refractivity contribution in [2.24, 2.45) is 0 Å². The molecule has 1 aromatic heterocycles. The molecule has 0 aliphatic carbocycles. The van der Waals surface area contributed by atoms with Crippen molar-refractivity contribution in [1.29, 1.82) is 0 Å². The molecule has 0 radical (unpaired) electrons. The van der Waals surface area contributed by atoms with Gasteiger partial charge in [0, 0.05) is 11.0 Å². The van der Waals surface area contributed by atoms with Crippen LogP contribution in [-0.2, 0) is 10.0 Å². The highest BCUT2D eigenvalue weighted by Crippen LogP contribution is 2.32. The lowest BCUT2D eigenvalue weighted by molar-refractivity contribution is 0.327. The first-order valence-corrected chi connectivity index (χ1v) is 14.2. The van der Waals surface area contributed by atoms with E-state index in [1.54, 1.807) is 25.1 Å². The van der Waals surface area contributed by atoms with E-state index in [2.05, 4.69) is 15.9 Å². The number of sulfonamides is 1. The van der Waals surface area contributed by atoms with Crippen molar-refractivity contribution in [3.05, 3.63) is 98.0 Å². The summed E-state index contributed by atoms with van der Waals surface area (Å²) in [5.74, 6) is 0.375. The van der Waals surface area contributed by atoms with E-state index in [0.717, 1.165) is 10.0 Å². The molecule has 36 heavy (non-hydrogen) atoms. The number of rotatable bonds is 7. The number of benzene rings is 3. The summed E-state index contributed by atoms with van der Waals surface area (Å²) in [6.45, 7) is 9.65. The van der Waals surface area contributed by atoms with E-state index in [1.165, 1.54) is 8.87 Å². The molecule has 1 unspecified atom stereocenters. The Bertz CT molecular complexity index is 1570. The molecule has 6 nitrogen and oxygen atoms in total. The van der Waals surface area contributed by atoms with Crippen LogP contribution in [0.1, 0.15) is 48.8 Å². The van der Waals surface area contributed by atoms with E-state index in [-0.39, 0.29) is 5.56 Å². The minimum absolute atomic E-state index is 0.235. The maximum atomic E-state index is 14.1. The molecule has 3 aromatic carbocycles. The monoisotopic (exact) mass is 567 g/mol. The van der Waals surface area contributed by atoms with Crippen LogP contribution in [0.3, 0.4) is 0 Å². The van der Waals surface area contributed by atoms with Gasteiger partial charge in [0.15, 0.2) is 0 Å². The lowest BCUT2D eigenvalue weighted by atomic mass is 10.1. The van der Waals surface area contributed by atoms with E-state index < -0.39 is 16.1 Å². The number of hydrogen-bond acceptors (Lipinski definition) is 4. The quantitative estimate of drug-likeness (QED) is 0.265. The molecule has 8 heteroatoms. The summed E-state index contributed by atoms with van der Waals surface area (Å²) in [6.07, 6.45) is 0.615. The van der Waals surface area contributed by atoms with Gasteiger partial charge in [-0.1, -0.05) is 52.7 Å². The van der Waals surface area contributed by atoms with Gasteiger partial charge in [-0.3, -0.25) is 9.36 Å². The molecule has 4 rings (SSSR count). The van der Waals surface area contributed by atoms with Gasteiger partial charge in [0.25, 0.3) is 5.56 Å². The maximum absolute atomic E-state index is 14.1. The lowest BCUT2D eigenvalue weighted by Crippen LogP contribution is -2.38. The van der Waals surface area contributed by atoms with Crippen LogP contribution in [0.5, 0.6) is 0 Å². The summed E-state index contributed by atoms with van der Waals surface area (Å²) in [5.41, 5.74) is 3.35. The van der Waals surface area contributed by atoms with Gasteiger partial charge in [-0.25, -0.2) is 13.4 Å². The molecule has 1 atom stereocenters. The number of hydrogen-bond donors (Lipinski definition) is 0. The third kappa shape index (κ3) is 4.77. The number of aryl methyl sites for hydroxylation is 3. The highest BCUT2D eigenvalue weighted by molar-refractivity contribution is 9.10. The Morgan fingerprint density at radius 3 is 2.22 bits per heavy atom. The molecule has 0 amide bonds. The minimum Gasteiger partial charge on any atom is -0.268 e. The fourth-order valence-corrected chi connectivity index (χ4v) is 7.20. The maximum Gasteiger partial charge on any atom is 0.266 e. The van der Waals surface area contributed by atoms with Crippen LogP contribution in [0.25, 0.3) is 16.6 Å². The second-order valence-corrected chi connectivity index (χ2v) is 11.9. The first-order valence-electron chi connectivity index (χ1n) is 11.9. The average Bonchev–Trinajstić information content (AvgIpc) is 2.82. The van der Waals surface area contributed by atoms with Crippen molar-refractivity contribution in [2.75, 3.05) is 6.54 Å². The first-order chi connectivity index (χ1) is 17.1. The molecule has 0 N–H and O–H groups in total. The van der Waals surface area contributed by atoms with Crippen LogP contribution in [0.4, 0.5) is 0 Å². The number of aromatic nitrogens is 2. The second-order valence-electron chi connectivity index (χ2n) is 9.12. The first kappa shape index (κ1) is 26.3. The van der Waals surface area contributed by atoms with Gasteiger partial charge in [-0.05, 0) is 81.6 Å². The van der Waals surface area contributed by atoms with Crippen molar-refractivity contribution in [3.8, 4) is 5.69 Å². The molecular weight excluding hydrogens is 538 g/mol. The lowest BCUT2D eigenvalue weighted by Gasteiger charge is -2.30. The molecule has 0 bridgehead atoms. The van der Waals surface area contributed by atoms with Crippen molar-refractivity contribution < 1.29 is 8.42 Å². The molecule has 4 aromatic rings. The van der Waals surface area contributed by atoms with E-state index in [9.17, 15) is 13.2 Å². The van der Waals surface area contributed by atoms with E-state index in [1.807, 2.05) is 70.2 Å². The molecule has 0 aliphatic rings. The molecule has 0 fully saturated rings. The summed E-state index contributed by atoms with van der Waals surface area (Å²) in [5, 5.41) is 0.478. The molecule has 188 valence electrons. The van der Waals surface area contributed by atoms with Crippen LogP contribution in [0.15, 0.2) is 74.8 Å². The number of nitrogens with zero attached hydrogens (tertiary/aromatic N) is 3. The van der Waals surface area contributed by atoms with Gasteiger partial charge in [0.2, 0.25) is 10.0 Å². The normalized spacial score (nSPS) is 12.9. The van der Waals surface area contributed by atoms with Crippen molar-refractivity contribution in [2.45, 2.75) is 52.0 Å². The van der Waals surface area contributed by atoms with Crippen LogP contribution in [0.2, 0.25) is 0 Å². The summed E-state index contributed by atoms with van der Waals surface area (Å²) in [4.78, 5) is 18.9. The predicted octanol–water partition coefficient (Wildman–Crippen LogP) is 6.24. The van der Waals surface area contributed by atoms with Crippen molar-refractivity contribution >= 4 is 36.9 Å². The van der Waals surface area contributed by atoms with Gasteiger partial charge in [-0.2, -0.15) is 4.31 Å². The van der Waals surface area contributed by atoms with E-state index in [0.29, 0.717) is 51.4 Å². The average molecular weight is 569 g/mol. The van der Waals surface area contributed by atoms with Crippen LogP contribution in [0, 0.1) is 20.8 Å². The smallest absolute Gasteiger partial charge is 0.266 e. The Morgan fingerprint density at radius 2 is 1.61 bits per heavy atom. The molecule has 1 heterocycles. The standard InChI is InChI=1S/C28H30BrN3O3S/c1-6-15-31(36(34,35)26-19(3)16-18(2)17-20(26)4)21(5)27-30-25-10-8-7-9-24(25)28(33)32(27)23-13-11-22(29)12-14-23/h7-14,16-17,21H,6,15H2,1-5H3. The fourth-order valence-electron chi connectivity index (χ4n) is 4.83. The predicted molar refractivity (Wildman–Crippen MR) is 148 cm³/mol. The highest BCUT2D eigenvalue weighted by atomic mass is 79.9. The summed E-state index contributed by atoms with van der Waals surface area (Å²) in [6, 6.07) is 17.6. The zero-order chi connectivity index (χ0) is 26.2. The Kier molecular flexibility index (Phi) is 7.50. The van der Waals surface area contributed by atoms with Gasteiger partial charge in [0.1, 0.15) is 5.82 Å². The van der Waals surface area contributed by atoms with Crippen molar-refractivity contribution in [1.82, 2.24) is 13.9 Å². The SMILES string of the molecule is CCCN(C(C)c1nc2ccccc2c(=O)n1-c1ccc(Br)cc1)S(=O)(=O)c1c(C)cc(C)cc1C. The molecule has 0 aliphatic heterocycles. The summed E-state index contributed by atoms with van der Waals surface area (Å²) in [7, 11) is -3.89. The Labute approximate surface area is 220 Å². The number of halogens is 1. The highest BCUT2D eigenvalue weighted by Gasteiger charge is 2.34. The molecule has 0 saturated heterocycles. The van der Waals surface area contributed by atoms with Gasteiger partial charge in [-0.15, -0.1) is 0 Å². The van der Waals surface area contributed by atoms with Crippen LogP contribution >= 0.6 is 15.9 Å². The molecular formula is C28H30BrN3O3S. The van der Waals surface area contributed by atoms with Crippen LogP contribution < -0.4 is 5.56 Å². The zero-order valence-electron chi connectivity index (χ0n) is 21.1. The second kappa shape index (κ2) is 10.3. The summed E-state index contributed by atoms with van der Waals surface area (Å²) < 4.78 is 32.2. The van der Waals surface area contributed by atoms with E-state index in [4.69, 9.17) is 4.98 Å². The van der Waals surface area contributed by atoms with Gasteiger partial charge >= 0.3 is 0 Å². The fraction of sp³-hybridized carbons (Fsp3) is 0.286. The van der Waals surface area contributed by atoms with Gasteiger partial charge in [0.05, 0.1) is 27.5 Å². The van der Waals surface area contributed by atoms with Crippen molar-refractivity contribution in [3.63, 3.8) is 0 Å². The Morgan fingerprint density at radius 1 is 1.00 bits per heavy atom. The largest absolute Gasteiger partial charge is 0.268 e. The third-order valence-corrected chi connectivity index (χ3v) is 9.11. The number of para-hydroxylation sites is 1.